The van der Waals surface area contributed by atoms with Gasteiger partial charge in [-0.2, -0.15) is 0 Å². The predicted molar refractivity (Wildman–Crippen MR) is 64.8 cm³/mol. The van der Waals surface area contributed by atoms with E-state index in [0.717, 1.165) is 18.2 Å². The highest BCUT2D eigenvalue weighted by Gasteiger charge is 2.33. The molecule has 1 aromatic carbocycles. The van der Waals surface area contributed by atoms with E-state index in [0.29, 0.717) is 0 Å². The molecule has 0 aliphatic carbocycles. The van der Waals surface area contributed by atoms with Gasteiger partial charge in [-0.25, -0.2) is 4.79 Å². The number of hydrogen-bond acceptors (Lipinski definition) is 4. The molecule has 0 saturated carbocycles. The Morgan fingerprint density at radius 3 is 2.40 bits per heavy atom. The Hall–Kier alpha value is -1.32. The number of aliphatic hydroxyl groups is 2. The third kappa shape index (κ3) is 4.36. The normalized spacial score (nSPS) is 14.7. The van der Waals surface area contributed by atoms with Crippen molar-refractivity contribution in [2.75, 3.05) is 5.33 Å². The van der Waals surface area contributed by atoms with E-state index in [9.17, 15) is 28.2 Å². The largest absolute Gasteiger partial charge is 0.573 e. The SMILES string of the molecule is O=C(O)c1ccc(C(O)C(O)CBr)cc1OC(F)(F)F. The molecule has 0 aromatic heterocycles. The van der Waals surface area contributed by atoms with Crippen molar-refractivity contribution in [2.45, 2.75) is 18.6 Å². The van der Waals surface area contributed by atoms with Crippen molar-refractivity contribution in [3.8, 4) is 5.75 Å². The monoisotopic (exact) mass is 358 g/mol. The number of halogens is 4. The summed E-state index contributed by atoms with van der Waals surface area (Å²) in [6.07, 6.45) is -7.81. The summed E-state index contributed by atoms with van der Waals surface area (Å²) in [7, 11) is 0. The summed E-state index contributed by atoms with van der Waals surface area (Å²) in [5.41, 5.74) is -0.798. The molecule has 0 amide bonds. The van der Waals surface area contributed by atoms with Crippen LogP contribution in [0.2, 0.25) is 0 Å². The number of carboxylic acid groups (broad SMARTS) is 1. The highest BCUT2D eigenvalue weighted by molar-refractivity contribution is 9.09. The van der Waals surface area contributed by atoms with Crippen molar-refractivity contribution in [3.05, 3.63) is 29.3 Å². The van der Waals surface area contributed by atoms with Gasteiger partial charge in [-0.05, 0) is 17.7 Å². The Bertz CT molecular complexity index is 491. The molecule has 3 N–H and O–H groups in total. The van der Waals surface area contributed by atoms with Gasteiger partial charge in [0.15, 0.2) is 0 Å². The third-order valence-corrected chi connectivity index (χ3v) is 2.99. The summed E-state index contributed by atoms with van der Waals surface area (Å²) in [6.45, 7) is 0. The average molecular weight is 359 g/mol. The van der Waals surface area contributed by atoms with Crippen LogP contribution in [0.25, 0.3) is 0 Å². The van der Waals surface area contributed by atoms with Gasteiger partial charge in [0.1, 0.15) is 17.4 Å². The lowest BCUT2D eigenvalue weighted by molar-refractivity contribution is -0.274. The van der Waals surface area contributed by atoms with Gasteiger partial charge in [-0.3, -0.25) is 0 Å². The summed E-state index contributed by atoms with van der Waals surface area (Å²) >= 11 is 2.90. The molecule has 0 radical (unpaired) electrons. The molecule has 20 heavy (non-hydrogen) atoms. The highest BCUT2D eigenvalue weighted by Crippen LogP contribution is 2.30. The standard InChI is InChI=1S/C11H10BrF3O5/c12-4-7(16)9(17)5-1-2-6(10(18)19)8(3-5)20-11(13,14)15/h1-3,7,9,16-17H,4H2,(H,18,19). The second-order valence-electron chi connectivity index (χ2n) is 3.78. The van der Waals surface area contributed by atoms with Crippen molar-refractivity contribution in [1.82, 2.24) is 0 Å². The predicted octanol–water partition coefficient (Wildman–Crippen LogP) is 2.07. The van der Waals surface area contributed by atoms with E-state index in [4.69, 9.17) is 5.11 Å². The Morgan fingerprint density at radius 1 is 1.35 bits per heavy atom. The number of aromatic carboxylic acids is 1. The van der Waals surface area contributed by atoms with Crippen LogP contribution in [-0.2, 0) is 0 Å². The van der Waals surface area contributed by atoms with Crippen molar-refractivity contribution in [3.63, 3.8) is 0 Å². The Kier molecular flexibility index (Phi) is 5.37. The summed E-state index contributed by atoms with van der Waals surface area (Å²) < 4.78 is 40.2. The first kappa shape index (κ1) is 16.7. The number of carboxylic acids is 1. The Labute approximate surface area is 119 Å². The summed E-state index contributed by atoms with van der Waals surface area (Å²) in [4.78, 5) is 10.8. The average Bonchev–Trinajstić information content (AvgIpc) is 2.34. The molecule has 0 heterocycles. The van der Waals surface area contributed by atoms with Crippen LogP contribution in [0.3, 0.4) is 0 Å². The molecule has 0 aliphatic rings. The first-order chi connectivity index (χ1) is 9.15. The zero-order valence-corrected chi connectivity index (χ0v) is 11.3. The zero-order chi connectivity index (χ0) is 15.5. The van der Waals surface area contributed by atoms with Gasteiger partial charge in [0, 0.05) is 5.33 Å². The molecule has 1 aromatic rings. The Balaban J connectivity index is 3.20. The number of hydrogen-bond donors (Lipinski definition) is 3. The van der Waals surface area contributed by atoms with Crippen LogP contribution in [0.15, 0.2) is 18.2 Å². The van der Waals surface area contributed by atoms with Crippen LogP contribution in [-0.4, -0.2) is 39.1 Å². The molecular formula is C11H10BrF3O5. The maximum Gasteiger partial charge on any atom is 0.573 e. The molecule has 2 unspecified atom stereocenters. The van der Waals surface area contributed by atoms with Crippen LogP contribution in [0.1, 0.15) is 22.0 Å². The Morgan fingerprint density at radius 2 is 1.95 bits per heavy atom. The number of carbonyl (C=O) groups is 1. The molecule has 9 heteroatoms. The van der Waals surface area contributed by atoms with E-state index >= 15 is 0 Å². The minimum absolute atomic E-state index is 0.00961. The van der Waals surface area contributed by atoms with E-state index in [1.54, 1.807) is 0 Å². The van der Waals surface area contributed by atoms with Crippen molar-refractivity contribution in [2.24, 2.45) is 0 Å². The van der Waals surface area contributed by atoms with E-state index in [1.807, 2.05) is 0 Å². The number of aliphatic hydroxyl groups excluding tert-OH is 2. The van der Waals surface area contributed by atoms with Gasteiger partial charge in [0.2, 0.25) is 0 Å². The van der Waals surface area contributed by atoms with Gasteiger partial charge in [-0.15, -0.1) is 13.2 Å². The molecule has 2 atom stereocenters. The fourth-order valence-corrected chi connectivity index (χ4v) is 1.77. The minimum atomic E-state index is -5.07. The van der Waals surface area contributed by atoms with Crippen LogP contribution in [0.5, 0.6) is 5.75 Å². The second kappa shape index (κ2) is 6.42. The maximum atomic E-state index is 12.2. The lowest BCUT2D eigenvalue weighted by Gasteiger charge is -2.18. The van der Waals surface area contributed by atoms with E-state index in [2.05, 4.69) is 20.7 Å². The van der Waals surface area contributed by atoms with Gasteiger partial charge in [-0.1, -0.05) is 22.0 Å². The lowest BCUT2D eigenvalue weighted by Crippen LogP contribution is -2.21. The number of benzene rings is 1. The third-order valence-electron chi connectivity index (χ3n) is 2.33. The number of rotatable bonds is 5. The van der Waals surface area contributed by atoms with Crippen LogP contribution in [0, 0.1) is 0 Å². The van der Waals surface area contributed by atoms with E-state index in [1.165, 1.54) is 0 Å². The minimum Gasteiger partial charge on any atom is -0.478 e. The van der Waals surface area contributed by atoms with Crippen LogP contribution >= 0.6 is 15.9 Å². The van der Waals surface area contributed by atoms with Crippen molar-refractivity contribution >= 4 is 21.9 Å². The number of ether oxygens (including phenoxy) is 1. The van der Waals surface area contributed by atoms with Crippen LogP contribution in [0.4, 0.5) is 13.2 Å². The van der Waals surface area contributed by atoms with Crippen molar-refractivity contribution in [1.29, 1.82) is 0 Å². The topological polar surface area (TPSA) is 87.0 Å². The smallest absolute Gasteiger partial charge is 0.478 e. The molecular weight excluding hydrogens is 349 g/mol. The van der Waals surface area contributed by atoms with Gasteiger partial charge in [0.05, 0.1) is 6.10 Å². The summed E-state index contributed by atoms with van der Waals surface area (Å²) in [5, 5.41) is 27.9. The quantitative estimate of drug-likeness (QED) is 0.701. The molecule has 0 fully saturated rings. The summed E-state index contributed by atoms with van der Waals surface area (Å²) in [6, 6.07) is 2.69. The van der Waals surface area contributed by atoms with Crippen molar-refractivity contribution < 1.29 is 38.0 Å². The molecule has 0 spiro atoms. The molecule has 112 valence electrons. The fourth-order valence-electron chi connectivity index (χ4n) is 1.42. The van der Waals surface area contributed by atoms with Crippen LogP contribution < -0.4 is 4.74 Å². The first-order valence-electron chi connectivity index (χ1n) is 5.20. The van der Waals surface area contributed by atoms with E-state index in [-0.39, 0.29) is 10.9 Å². The molecule has 0 saturated heterocycles. The van der Waals surface area contributed by atoms with Gasteiger partial charge >= 0.3 is 12.3 Å². The molecule has 0 bridgehead atoms. The van der Waals surface area contributed by atoms with E-state index < -0.39 is 35.9 Å². The fraction of sp³-hybridized carbons (Fsp3) is 0.364. The van der Waals surface area contributed by atoms with Gasteiger partial charge < -0.3 is 20.1 Å². The summed E-state index contributed by atoms with van der Waals surface area (Å²) in [5.74, 6) is -2.56. The molecule has 0 aliphatic heterocycles. The van der Waals surface area contributed by atoms with Gasteiger partial charge in [0.25, 0.3) is 0 Å². The maximum absolute atomic E-state index is 12.2. The molecule has 1 rings (SSSR count). The number of alkyl halides is 4. The zero-order valence-electron chi connectivity index (χ0n) is 9.76. The highest BCUT2D eigenvalue weighted by atomic mass is 79.9. The second-order valence-corrected chi connectivity index (χ2v) is 4.42. The lowest BCUT2D eigenvalue weighted by atomic mass is 10.0. The first-order valence-corrected chi connectivity index (χ1v) is 6.33. The molecule has 5 nitrogen and oxygen atoms in total.